The molecule has 2 N–H and O–H groups in total. The van der Waals surface area contributed by atoms with Crippen LogP contribution >= 0.6 is 23.4 Å². The van der Waals surface area contributed by atoms with Gasteiger partial charge in [-0.25, -0.2) is 4.98 Å². The summed E-state index contributed by atoms with van der Waals surface area (Å²) in [4.78, 5) is 16.8. The van der Waals surface area contributed by atoms with Gasteiger partial charge in [0.1, 0.15) is 18.1 Å². The zero-order valence-corrected chi connectivity index (χ0v) is 21.2. The monoisotopic (exact) mass is 479 g/mol. The highest BCUT2D eigenvalue weighted by Crippen LogP contribution is 2.36. The summed E-state index contributed by atoms with van der Waals surface area (Å²) in [7, 11) is -1.14. The molecule has 0 fully saturated rings. The Morgan fingerprint density at radius 2 is 2.00 bits per heavy atom. The standard InChI is InChI=1S/C21H30ClN5O2SSi/c1-14(28)13-23-19-17-18(15-9-6-7-10-16(15)22)26-27(20(17)25-21(24-19)30-2)29-11-8-12-31(3,4)5/h6-7,9-10,14,28H,8,11-13H2,1-5H3,(H,23,24,25). The van der Waals surface area contributed by atoms with E-state index >= 15 is 0 Å². The van der Waals surface area contributed by atoms with Crippen LogP contribution in [0.25, 0.3) is 22.3 Å². The Kier molecular flexibility index (Phi) is 7.85. The molecule has 2 heterocycles. The fourth-order valence-electron chi connectivity index (χ4n) is 3.12. The lowest BCUT2D eigenvalue weighted by Crippen LogP contribution is -2.22. The van der Waals surface area contributed by atoms with Crippen LogP contribution in [0.3, 0.4) is 0 Å². The van der Waals surface area contributed by atoms with Crippen LogP contribution < -0.4 is 10.2 Å². The van der Waals surface area contributed by atoms with E-state index in [9.17, 15) is 5.11 Å². The molecule has 7 nitrogen and oxygen atoms in total. The van der Waals surface area contributed by atoms with Crippen molar-refractivity contribution in [2.24, 2.45) is 0 Å². The molecule has 0 radical (unpaired) electrons. The van der Waals surface area contributed by atoms with Crippen molar-refractivity contribution in [1.82, 2.24) is 19.9 Å². The Morgan fingerprint density at radius 3 is 2.65 bits per heavy atom. The summed E-state index contributed by atoms with van der Waals surface area (Å²) in [5.74, 6) is 0.599. The lowest BCUT2D eigenvalue weighted by Gasteiger charge is -2.15. The average molecular weight is 480 g/mol. The van der Waals surface area contributed by atoms with Crippen molar-refractivity contribution in [3.05, 3.63) is 29.3 Å². The minimum Gasteiger partial charge on any atom is -0.395 e. The molecule has 0 aliphatic heterocycles. The number of aliphatic hydroxyl groups excluding tert-OH is 1. The molecule has 0 saturated carbocycles. The molecule has 31 heavy (non-hydrogen) atoms. The van der Waals surface area contributed by atoms with Crippen LogP contribution in [0.4, 0.5) is 5.82 Å². The van der Waals surface area contributed by atoms with Crippen molar-refractivity contribution >= 4 is 48.3 Å². The first-order valence-corrected chi connectivity index (χ1v) is 15.7. The van der Waals surface area contributed by atoms with Crippen LogP contribution in [-0.4, -0.2) is 58.6 Å². The molecule has 3 aromatic rings. The Bertz CT molecular complexity index is 1040. The van der Waals surface area contributed by atoms with E-state index in [0.717, 1.165) is 17.4 Å². The van der Waals surface area contributed by atoms with E-state index in [4.69, 9.17) is 21.5 Å². The maximum Gasteiger partial charge on any atom is 0.205 e. The lowest BCUT2D eigenvalue weighted by molar-refractivity contribution is 0.0912. The summed E-state index contributed by atoms with van der Waals surface area (Å²) in [6, 6.07) is 8.72. The van der Waals surface area contributed by atoms with E-state index in [1.54, 1.807) is 6.92 Å². The maximum atomic E-state index is 9.78. The fraction of sp³-hybridized carbons (Fsp3) is 0.476. The third-order valence-electron chi connectivity index (χ3n) is 4.64. The molecule has 0 saturated heterocycles. The van der Waals surface area contributed by atoms with E-state index < -0.39 is 14.2 Å². The number of nitrogens with one attached hydrogen (secondary N) is 1. The number of aromatic nitrogens is 4. The van der Waals surface area contributed by atoms with E-state index in [1.165, 1.54) is 22.7 Å². The topological polar surface area (TPSA) is 85.1 Å². The van der Waals surface area contributed by atoms with Crippen molar-refractivity contribution in [1.29, 1.82) is 0 Å². The van der Waals surface area contributed by atoms with Crippen LogP contribution in [0, 0.1) is 0 Å². The van der Waals surface area contributed by atoms with Crippen LogP contribution in [0.1, 0.15) is 13.3 Å². The first kappa shape index (κ1) is 23.8. The van der Waals surface area contributed by atoms with Gasteiger partial charge in [0.2, 0.25) is 5.65 Å². The molecule has 0 spiro atoms. The zero-order chi connectivity index (χ0) is 22.6. The van der Waals surface area contributed by atoms with Crippen molar-refractivity contribution in [2.45, 2.75) is 50.3 Å². The Hall–Kier alpha value is -1.81. The number of thioether (sulfide) groups is 1. The summed E-state index contributed by atoms with van der Waals surface area (Å²) in [6.45, 7) is 9.68. The minimum absolute atomic E-state index is 0.351. The van der Waals surface area contributed by atoms with Gasteiger partial charge in [-0.15, -0.1) is 5.10 Å². The molecule has 0 bridgehead atoms. The summed E-state index contributed by atoms with van der Waals surface area (Å²) in [5.41, 5.74) is 2.00. The molecule has 168 valence electrons. The molecule has 0 aliphatic rings. The summed E-state index contributed by atoms with van der Waals surface area (Å²) < 4.78 is 0. The number of anilines is 1. The minimum atomic E-state index is -1.14. The lowest BCUT2D eigenvalue weighted by atomic mass is 10.1. The first-order valence-electron chi connectivity index (χ1n) is 10.3. The molecule has 1 aromatic carbocycles. The second-order valence-electron chi connectivity index (χ2n) is 8.69. The summed E-state index contributed by atoms with van der Waals surface area (Å²) in [5, 5.41) is 19.6. The van der Waals surface area contributed by atoms with Crippen molar-refractivity contribution in [3.63, 3.8) is 0 Å². The SMILES string of the molecule is CSc1nc(NCC(C)O)c2c(-c3ccccc3Cl)nn(OCCC[Si](C)(C)C)c2n1. The average Bonchev–Trinajstić information content (AvgIpc) is 3.07. The van der Waals surface area contributed by atoms with Crippen LogP contribution in [0.2, 0.25) is 30.7 Å². The normalized spacial score (nSPS) is 12.9. The molecule has 1 atom stereocenters. The molecule has 10 heteroatoms. The number of rotatable bonds is 10. The van der Waals surface area contributed by atoms with Gasteiger partial charge >= 0.3 is 0 Å². The number of hydrogen-bond acceptors (Lipinski definition) is 7. The predicted octanol–water partition coefficient (Wildman–Crippen LogP) is 4.82. The largest absolute Gasteiger partial charge is 0.395 e. The predicted molar refractivity (Wildman–Crippen MR) is 132 cm³/mol. The van der Waals surface area contributed by atoms with Crippen molar-refractivity contribution in [2.75, 3.05) is 24.7 Å². The maximum absolute atomic E-state index is 9.78. The van der Waals surface area contributed by atoms with Gasteiger partial charge in [0, 0.05) is 20.2 Å². The van der Waals surface area contributed by atoms with Gasteiger partial charge < -0.3 is 15.3 Å². The van der Waals surface area contributed by atoms with Gasteiger partial charge in [0.25, 0.3) is 0 Å². The van der Waals surface area contributed by atoms with Crippen molar-refractivity contribution in [3.8, 4) is 11.3 Å². The summed E-state index contributed by atoms with van der Waals surface area (Å²) in [6.07, 6.45) is 2.36. The van der Waals surface area contributed by atoms with Gasteiger partial charge in [0.15, 0.2) is 5.16 Å². The highest BCUT2D eigenvalue weighted by molar-refractivity contribution is 7.98. The van der Waals surface area contributed by atoms with E-state index in [1.807, 2.05) is 30.5 Å². The third kappa shape index (κ3) is 6.12. The molecule has 1 unspecified atom stereocenters. The van der Waals surface area contributed by atoms with Gasteiger partial charge in [-0.2, -0.15) is 4.98 Å². The molecule has 0 amide bonds. The van der Waals surface area contributed by atoms with Gasteiger partial charge in [-0.1, -0.05) is 72.1 Å². The van der Waals surface area contributed by atoms with Crippen LogP contribution in [0.5, 0.6) is 0 Å². The number of hydrogen-bond donors (Lipinski definition) is 2. The van der Waals surface area contributed by atoms with Crippen LogP contribution in [0.15, 0.2) is 29.4 Å². The third-order valence-corrected chi connectivity index (χ3v) is 7.37. The first-order chi connectivity index (χ1) is 14.7. The Balaban J connectivity index is 2.08. The van der Waals surface area contributed by atoms with Crippen molar-refractivity contribution < 1.29 is 9.94 Å². The summed E-state index contributed by atoms with van der Waals surface area (Å²) >= 11 is 7.93. The molecular formula is C21H30ClN5O2SSi. The number of fused-ring (bicyclic) bond motifs is 1. The Morgan fingerprint density at radius 1 is 1.26 bits per heavy atom. The highest BCUT2D eigenvalue weighted by atomic mass is 35.5. The molecule has 3 rings (SSSR count). The number of nitrogens with zero attached hydrogens (tertiary/aromatic N) is 4. The highest BCUT2D eigenvalue weighted by Gasteiger charge is 2.22. The van der Waals surface area contributed by atoms with Gasteiger partial charge in [-0.3, -0.25) is 0 Å². The second-order valence-corrected chi connectivity index (χ2v) is 15.5. The second kappa shape index (κ2) is 10.2. The number of halogens is 1. The van der Waals surface area contributed by atoms with E-state index in [2.05, 4.69) is 34.9 Å². The molecule has 2 aromatic heterocycles. The molecular weight excluding hydrogens is 450 g/mol. The number of aliphatic hydroxyl groups is 1. The smallest absolute Gasteiger partial charge is 0.205 e. The van der Waals surface area contributed by atoms with E-state index in [-0.39, 0.29) is 0 Å². The quantitative estimate of drug-likeness (QED) is 0.186. The van der Waals surface area contributed by atoms with Crippen LogP contribution in [-0.2, 0) is 0 Å². The Labute approximate surface area is 193 Å². The van der Waals surface area contributed by atoms with E-state index in [0.29, 0.717) is 40.5 Å². The van der Waals surface area contributed by atoms with Gasteiger partial charge in [0.05, 0.1) is 16.5 Å². The zero-order valence-electron chi connectivity index (χ0n) is 18.6. The molecule has 0 aliphatic carbocycles. The van der Waals surface area contributed by atoms with Gasteiger partial charge in [-0.05, 0) is 25.7 Å². The number of benzene rings is 1. The fourth-order valence-corrected chi connectivity index (χ4v) is 4.91.